The Morgan fingerprint density at radius 1 is 1.23 bits per heavy atom. The Bertz CT molecular complexity index is 847. The van der Waals surface area contributed by atoms with Crippen molar-refractivity contribution < 1.29 is 23.7 Å². The maximum atomic E-state index is 12.4. The van der Waals surface area contributed by atoms with Crippen LogP contribution in [-0.2, 0) is 4.79 Å². The molecule has 0 saturated carbocycles. The number of thioether (sulfide) groups is 1. The van der Waals surface area contributed by atoms with Crippen LogP contribution in [0.25, 0.3) is 0 Å². The van der Waals surface area contributed by atoms with Crippen LogP contribution in [0.5, 0.6) is 5.75 Å². The van der Waals surface area contributed by atoms with Gasteiger partial charge in [0.15, 0.2) is 5.78 Å². The number of methoxy groups -OCH3 is 1. The number of ketones is 1. The molecule has 2 aliphatic heterocycles. The van der Waals surface area contributed by atoms with Crippen molar-refractivity contribution in [2.24, 2.45) is 4.99 Å². The summed E-state index contributed by atoms with van der Waals surface area (Å²) in [5.74, 6) is 0.952. The van der Waals surface area contributed by atoms with E-state index < -0.39 is 12.1 Å². The Labute approximate surface area is 155 Å². The van der Waals surface area contributed by atoms with Crippen molar-refractivity contribution >= 4 is 40.5 Å². The van der Waals surface area contributed by atoms with Crippen LogP contribution >= 0.6 is 11.8 Å². The zero-order valence-electron chi connectivity index (χ0n) is 14.9. The third-order valence-corrected chi connectivity index (χ3v) is 5.39. The first-order chi connectivity index (χ1) is 12.3. The fourth-order valence-corrected chi connectivity index (χ4v) is 3.73. The van der Waals surface area contributed by atoms with Crippen LogP contribution in [0.2, 0.25) is 0 Å². The number of likely N-dealkylation sites (N-methyl/N-ethyl adjacent to an activating group) is 2. The number of hydrogen-bond donors (Lipinski definition) is 0. The van der Waals surface area contributed by atoms with Gasteiger partial charge in [-0.2, -0.15) is 0 Å². The summed E-state index contributed by atoms with van der Waals surface area (Å²) >= 11 is 1.24. The fraction of sp³-hybridized carbons (Fsp3) is 0.353. The SMILES string of the molecule is COc1ccc(C(=O)CSC2=NC3C(=O)N(C)C(=O)N(C)C3=[N+]2C)cc1. The molecule has 0 aromatic heterocycles. The Hall–Kier alpha value is -2.68. The van der Waals surface area contributed by atoms with Crippen molar-refractivity contribution in [2.75, 3.05) is 34.0 Å². The number of aliphatic imine (C=N–C) groups is 1. The third-order valence-electron chi connectivity index (χ3n) is 4.34. The van der Waals surface area contributed by atoms with Crippen LogP contribution in [0.15, 0.2) is 29.3 Å². The molecule has 0 spiro atoms. The van der Waals surface area contributed by atoms with Crippen molar-refractivity contribution in [3.8, 4) is 5.75 Å². The van der Waals surface area contributed by atoms with Crippen LogP contribution in [0, 0.1) is 0 Å². The lowest BCUT2D eigenvalue weighted by molar-refractivity contribution is -0.367. The summed E-state index contributed by atoms with van der Waals surface area (Å²) in [7, 11) is 6.35. The van der Waals surface area contributed by atoms with Gasteiger partial charge in [0.25, 0.3) is 23.0 Å². The van der Waals surface area contributed by atoms with Gasteiger partial charge in [0.1, 0.15) is 5.75 Å². The summed E-state index contributed by atoms with van der Waals surface area (Å²) in [6, 6.07) is 5.74. The predicted molar refractivity (Wildman–Crippen MR) is 98.1 cm³/mol. The quantitative estimate of drug-likeness (QED) is 0.577. The lowest BCUT2D eigenvalue weighted by atomic mass is 10.1. The van der Waals surface area contributed by atoms with E-state index in [1.165, 1.54) is 23.7 Å². The van der Waals surface area contributed by atoms with E-state index in [-0.39, 0.29) is 17.4 Å². The molecule has 0 bridgehead atoms. The lowest BCUT2D eigenvalue weighted by Gasteiger charge is -2.27. The highest BCUT2D eigenvalue weighted by Gasteiger charge is 2.51. The maximum absolute atomic E-state index is 12.4. The summed E-state index contributed by atoms with van der Waals surface area (Å²) < 4.78 is 6.78. The first-order valence-corrected chi connectivity index (χ1v) is 8.87. The van der Waals surface area contributed by atoms with Crippen LogP contribution in [0.1, 0.15) is 10.4 Å². The van der Waals surface area contributed by atoms with Gasteiger partial charge in [-0.1, -0.05) is 0 Å². The fourth-order valence-electron chi connectivity index (χ4n) is 2.84. The minimum atomic E-state index is -0.744. The highest BCUT2D eigenvalue weighted by molar-refractivity contribution is 8.14. The van der Waals surface area contributed by atoms with Crippen molar-refractivity contribution in [2.45, 2.75) is 6.04 Å². The van der Waals surface area contributed by atoms with Crippen molar-refractivity contribution in [3.05, 3.63) is 29.8 Å². The number of amidine groups is 2. The summed E-state index contributed by atoms with van der Waals surface area (Å²) in [6.07, 6.45) is 0. The molecule has 8 nitrogen and oxygen atoms in total. The van der Waals surface area contributed by atoms with Gasteiger partial charge in [-0.15, -0.1) is 4.99 Å². The highest BCUT2D eigenvalue weighted by atomic mass is 32.2. The number of amides is 3. The molecule has 1 fully saturated rings. The molecule has 1 aromatic carbocycles. The van der Waals surface area contributed by atoms with Crippen LogP contribution in [0.3, 0.4) is 0 Å². The summed E-state index contributed by atoms with van der Waals surface area (Å²) in [6.45, 7) is 0. The van der Waals surface area contributed by atoms with Crippen molar-refractivity contribution in [1.29, 1.82) is 0 Å². The van der Waals surface area contributed by atoms with E-state index in [9.17, 15) is 14.4 Å². The first kappa shape index (κ1) is 18.1. The molecule has 1 aromatic rings. The highest BCUT2D eigenvalue weighted by Crippen LogP contribution is 2.22. The molecule has 136 valence electrons. The van der Waals surface area contributed by atoms with E-state index in [4.69, 9.17) is 4.74 Å². The molecular formula is C17H19N4O4S+. The van der Waals surface area contributed by atoms with Crippen molar-refractivity contribution in [1.82, 2.24) is 9.80 Å². The standard InChI is InChI=1S/C17H19N4O4S/c1-19-14-13(15(23)21(3)17(24)20(14)2)18-16(19)26-9-12(22)10-5-7-11(25-4)8-6-10/h5-8,13H,9H2,1-4H3/q+1. The number of carbonyl (C=O) groups is 3. The van der Waals surface area contributed by atoms with E-state index in [0.717, 1.165) is 4.90 Å². The second-order valence-corrected chi connectivity index (χ2v) is 6.85. The average Bonchev–Trinajstić information content (AvgIpc) is 2.99. The van der Waals surface area contributed by atoms with Crippen LogP contribution in [-0.4, -0.2) is 83.1 Å². The summed E-state index contributed by atoms with van der Waals surface area (Å²) in [4.78, 5) is 43.7. The monoisotopic (exact) mass is 375 g/mol. The number of carbonyl (C=O) groups excluding carboxylic acids is 3. The topological polar surface area (TPSA) is 82.3 Å². The number of nitrogens with zero attached hydrogens (tertiary/aromatic N) is 4. The number of Topliss-reactive ketones (excluding diaryl/α,β-unsaturated/α-hetero) is 1. The molecule has 26 heavy (non-hydrogen) atoms. The van der Waals surface area contributed by atoms with Gasteiger partial charge in [-0.3, -0.25) is 14.5 Å². The number of imide groups is 1. The normalized spacial score (nSPS) is 19.7. The van der Waals surface area contributed by atoms with Crippen LogP contribution in [0.4, 0.5) is 4.79 Å². The molecular weight excluding hydrogens is 356 g/mol. The number of urea groups is 1. The minimum Gasteiger partial charge on any atom is -0.497 e. The average molecular weight is 375 g/mol. The lowest BCUT2D eigenvalue weighted by Crippen LogP contribution is -2.59. The molecule has 0 N–H and O–H groups in total. The van der Waals surface area contributed by atoms with Gasteiger partial charge < -0.3 is 4.74 Å². The predicted octanol–water partition coefficient (Wildman–Crippen LogP) is 0.914. The molecule has 0 aliphatic carbocycles. The van der Waals surface area contributed by atoms with Crippen LogP contribution < -0.4 is 4.74 Å². The molecule has 2 heterocycles. The molecule has 1 atom stereocenters. The molecule has 3 rings (SSSR count). The molecule has 9 heteroatoms. The first-order valence-electron chi connectivity index (χ1n) is 7.88. The maximum Gasteiger partial charge on any atom is 0.388 e. The largest absolute Gasteiger partial charge is 0.497 e. The number of hydrogen-bond acceptors (Lipinski definition) is 6. The van der Waals surface area contributed by atoms with E-state index >= 15 is 0 Å². The van der Waals surface area contributed by atoms with Crippen molar-refractivity contribution in [3.63, 3.8) is 0 Å². The third kappa shape index (κ3) is 2.98. The Morgan fingerprint density at radius 3 is 2.50 bits per heavy atom. The summed E-state index contributed by atoms with van der Waals surface area (Å²) in [5, 5.41) is 0.537. The smallest absolute Gasteiger partial charge is 0.388 e. The number of rotatable bonds is 4. The molecule has 1 unspecified atom stereocenters. The van der Waals surface area contributed by atoms with Gasteiger partial charge in [0, 0.05) is 12.6 Å². The van der Waals surface area contributed by atoms with Gasteiger partial charge in [-0.25, -0.2) is 14.3 Å². The molecule has 2 aliphatic rings. The van der Waals surface area contributed by atoms with E-state index in [0.29, 0.717) is 22.3 Å². The van der Waals surface area contributed by atoms with Gasteiger partial charge in [0.05, 0.1) is 27.0 Å². The molecule has 3 amide bonds. The van der Waals surface area contributed by atoms with Gasteiger partial charge in [-0.05, 0) is 36.0 Å². The molecule has 1 saturated heterocycles. The number of fused-ring (bicyclic) bond motifs is 1. The second-order valence-electron chi connectivity index (χ2n) is 5.91. The number of ether oxygens (including phenoxy) is 1. The Kier molecular flexibility index (Phi) is 4.82. The Morgan fingerprint density at radius 2 is 1.88 bits per heavy atom. The van der Waals surface area contributed by atoms with E-state index in [1.807, 2.05) is 0 Å². The second kappa shape index (κ2) is 6.91. The zero-order chi connectivity index (χ0) is 19.0. The summed E-state index contributed by atoms with van der Waals surface area (Å²) in [5.41, 5.74) is 0.577. The Balaban J connectivity index is 1.74. The van der Waals surface area contributed by atoms with E-state index in [1.54, 1.807) is 50.0 Å². The van der Waals surface area contributed by atoms with Gasteiger partial charge >= 0.3 is 6.03 Å². The minimum absolute atomic E-state index is 0.0542. The number of benzene rings is 1. The van der Waals surface area contributed by atoms with E-state index in [2.05, 4.69) is 4.99 Å². The zero-order valence-corrected chi connectivity index (χ0v) is 15.7. The molecule has 0 radical (unpaired) electrons. The van der Waals surface area contributed by atoms with Gasteiger partial charge in [0.2, 0.25) is 0 Å².